The summed E-state index contributed by atoms with van der Waals surface area (Å²) >= 11 is 1.86. The summed E-state index contributed by atoms with van der Waals surface area (Å²) in [6.07, 6.45) is 2.87. The van der Waals surface area contributed by atoms with Crippen molar-refractivity contribution in [3.05, 3.63) is 0 Å². The number of hydrogen-bond donors (Lipinski definition) is 2. The fraction of sp³-hybridized carbons (Fsp3) is 1.00. The van der Waals surface area contributed by atoms with Gasteiger partial charge in [0.2, 0.25) is 0 Å². The number of rotatable bonds is 6. The Kier molecular flexibility index (Phi) is 5.78. The van der Waals surface area contributed by atoms with Crippen molar-refractivity contribution in [2.75, 3.05) is 31.8 Å². The fourth-order valence-corrected chi connectivity index (χ4v) is 2.56. The van der Waals surface area contributed by atoms with Crippen LogP contribution in [0.25, 0.3) is 0 Å². The SMILES string of the molecule is CNC(CO)CSCC1CCCO1. The van der Waals surface area contributed by atoms with Gasteiger partial charge in [0.15, 0.2) is 0 Å². The molecule has 3 nitrogen and oxygen atoms in total. The topological polar surface area (TPSA) is 41.5 Å². The third-order valence-corrected chi connectivity index (χ3v) is 3.52. The van der Waals surface area contributed by atoms with Crippen LogP contribution in [-0.2, 0) is 4.74 Å². The summed E-state index contributed by atoms with van der Waals surface area (Å²) < 4.78 is 5.50. The zero-order valence-corrected chi connectivity index (χ0v) is 8.98. The molecule has 1 heterocycles. The molecule has 0 spiro atoms. The average Bonchev–Trinajstić information content (AvgIpc) is 2.65. The Hall–Kier alpha value is 0.230. The van der Waals surface area contributed by atoms with Gasteiger partial charge < -0.3 is 15.2 Å². The van der Waals surface area contributed by atoms with Crippen molar-refractivity contribution in [1.29, 1.82) is 0 Å². The second-order valence-corrected chi connectivity index (χ2v) is 4.42. The van der Waals surface area contributed by atoms with Crippen LogP contribution in [0, 0.1) is 0 Å². The van der Waals surface area contributed by atoms with E-state index < -0.39 is 0 Å². The zero-order valence-electron chi connectivity index (χ0n) is 8.16. The molecular weight excluding hydrogens is 186 g/mol. The van der Waals surface area contributed by atoms with E-state index in [0.717, 1.165) is 18.1 Å². The largest absolute Gasteiger partial charge is 0.395 e. The smallest absolute Gasteiger partial charge is 0.0666 e. The standard InChI is InChI=1S/C9H19NO2S/c1-10-8(5-11)6-13-7-9-3-2-4-12-9/h8-11H,2-7H2,1H3. The summed E-state index contributed by atoms with van der Waals surface area (Å²) in [6.45, 7) is 1.15. The maximum atomic E-state index is 8.91. The Morgan fingerprint density at radius 1 is 1.69 bits per heavy atom. The number of ether oxygens (including phenoxy) is 1. The molecule has 1 aliphatic heterocycles. The summed E-state index contributed by atoms with van der Waals surface area (Å²) in [6, 6.07) is 0.228. The summed E-state index contributed by atoms with van der Waals surface area (Å²) in [7, 11) is 1.88. The van der Waals surface area contributed by atoms with Gasteiger partial charge >= 0.3 is 0 Å². The zero-order chi connectivity index (χ0) is 9.52. The first-order chi connectivity index (χ1) is 6.36. The molecule has 0 aromatic rings. The molecule has 0 aromatic carbocycles. The van der Waals surface area contributed by atoms with Crippen LogP contribution in [0.1, 0.15) is 12.8 Å². The van der Waals surface area contributed by atoms with Crippen LogP contribution < -0.4 is 5.32 Å². The second-order valence-electron chi connectivity index (χ2n) is 3.34. The van der Waals surface area contributed by atoms with Gasteiger partial charge in [0.1, 0.15) is 0 Å². The Morgan fingerprint density at radius 3 is 3.08 bits per heavy atom. The van der Waals surface area contributed by atoms with E-state index in [-0.39, 0.29) is 12.6 Å². The van der Waals surface area contributed by atoms with Crippen molar-refractivity contribution >= 4 is 11.8 Å². The number of aliphatic hydroxyl groups is 1. The summed E-state index contributed by atoms with van der Waals surface area (Å²) in [5, 5.41) is 12.0. The molecule has 13 heavy (non-hydrogen) atoms. The highest BCUT2D eigenvalue weighted by Gasteiger charge is 2.15. The predicted octanol–water partition coefficient (Wildman–Crippen LogP) is 0.479. The normalized spacial score (nSPS) is 24.9. The van der Waals surface area contributed by atoms with Gasteiger partial charge in [0.25, 0.3) is 0 Å². The first kappa shape index (κ1) is 11.3. The molecule has 1 fully saturated rings. The van der Waals surface area contributed by atoms with Gasteiger partial charge in [-0.15, -0.1) is 0 Å². The van der Waals surface area contributed by atoms with Crippen molar-refractivity contribution in [2.24, 2.45) is 0 Å². The van der Waals surface area contributed by atoms with Gasteiger partial charge in [-0.1, -0.05) is 0 Å². The van der Waals surface area contributed by atoms with Crippen LogP contribution in [-0.4, -0.2) is 49.0 Å². The number of aliphatic hydroxyl groups excluding tert-OH is 1. The number of nitrogens with one attached hydrogen (secondary N) is 1. The summed E-state index contributed by atoms with van der Waals surface area (Å²) in [5.41, 5.74) is 0. The molecule has 0 radical (unpaired) electrons. The molecule has 2 atom stereocenters. The monoisotopic (exact) mass is 205 g/mol. The quantitative estimate of drug-likeness (QED) is 0.662. The molecule has 1 aliphatic rings. The van der Waals surface area contributed by atoms with Crippen molar-refractivity contribution in [3.63, 3.8) is 0 Å². The third kappa shape index (κ3) is 4.31. The Bertz CT molecular complexity index is 123. The van der Waals surface area contributed by atoms with Gasteiger partial charge in [-0.05, 0) is 19.9 Å². The Balaban J connectivity index is 1.98. The highest BCUT2D eigenvalue weighted by Crippen LogP contribution is 2.17. The molecule has 4 heteroatoms. The van der Waals surface area contributed by atoms with E-state index in [1.54, 1.807) is 0 Å². The lowest BCUT2D eigenvalue weighted by molar-refractivity contribution is 0.129. The third-order valence-electron chi connectivity index (χ3n) is 2.28. The molecule has 2 N–H and O–H groups in total. The van der Waals surface area contributed by atoms with Crippen LogP contribution in [0.15, 0.2) is 0 Å². The molecule has 1 rings (SSSR count). The lowest BCUT2D eigenvalue weighted by Crippen LogP contribution is -2.31. The second kappa shape index (κ2) is 6.65. The molecular formula is C9H19NO2S. The van der Waals surface area contributed by atoms with E-state index in [1.165, 1.54) is 12.8 Å². The maximum Gasteiger partial charge on any atom is 0.0666 e. The minimum Gasteiger partial charge on any atom is -0.395 e. The fourth-order valence-electron chi connectivity index (χ4n) is 1.34. The van der Waals surface area contributed by atoms with E-state index in [9.17, 15) is 0 Å². The molecule has 2 unspecified atom stereocenters. The van der Waals surface area contributed by atoms with Crippen LogP contribution in [0.3, 0.4) is 0 Å². The van der Waals surface area contributed by atoms with Gasteiger partial charge in [-0.2, -0.15) is 11.8 Å². The average molecular weight is 205 g/mol. The van der Waals surface area contributed by atoms with Gasteiger partial charge in [0, 0.05) is 24.2 Å². The van der Waals surface area contributed by atoms with Crippen molar-refractivity contribution < 1.29 is 9.84 Å². The molecule has 0 aromatic heterocycles. The Labute approximate surface area is 84.2 Å². The first-order valence-corrected chi connectivity index (χ1v) is 5.99. The van der Waals surface area contributed by atoms with E-state index in [1.807, 2.05) is 18.8 Å². The molecule has 0 amide bonds. The summed E-state index contributed by atoms with van der Waals surface area (Å²) in [4.78, 5) is 0. The van der Waals surface area contributed by atoms with Crippen LogP contribution in [0.4, 0.5) is 0 Å². The lowest BCUT2D eigenvalue weighted by atomic mass is 10.3. The maximum absolute atomic E-state index is 8.91. The van der Waals surface area contributed by atoms with Crippen molar-refractivity contribution in [2.45, 2.75) is 25.0 Å². The summed E-state index contributed by atoms with van der Waals surface area (Å²) in [5.74, 6) is 2.03. The molecule has 0 bridgehead atoms. The van der Waals surface area contributed by atoms with E-state index in [0.29, 0.717) is 6.10 Å². The van der Waals surface area contributed by atoms with E-state index in [4.69, 9.17) is 9.84 Å². The number of thioether (sulfide) groups is 1. The van der Waals surface area contributed by atoms with Gasteiger partial charge in [-0.3, -0.25) is 0 Å². The van der Waals surface area contributed by atoms with Crippen LogP contribution >= 0.6 is 11.8 Å². The highest BCUT2D eigenvalue weighted by atomic mass is 32.2. The van der Waals surface area contributed by atoms with Crippen molar-refractivity contribution in [3.8, 4) is 0 Å². The van der Waals surface area contributed by atoms with E-state index in [2.05, 4.69) is 5.32 Å². The van der Waals surface area contributed by atoms with Gasteiger partial charge in [0.05, 0.1) is 12.7 Å². The molecule has 78 valence electrons. The van der Waals surface area contributed by atoms with E-state index >= 15 is 0 Å². The van der Waals surface area contributed by atoms with Gasteiger partial charge in [-0.25, -0.2) is 0 Å². The van der Waals surface area contributed by atoms with Crippen LogP contribution in [0.2, 0.25) is 0 Å². The first-order valence-electron chi connectivity index (χ1n) is 4.84. The number of hydrogen-bond acceptors (Lipinski definition) is 4. The lowest BCUT2D eigenvalue weighted by Gasteiger charge is -2.14. The highest BCUT2D eigenvalue weighted by molar-refractivity contribution is 7.99. The predicted molar refractivity (Wildman–Crippen MR) is 56.2 cm³/mol. The Morgan fingerprint density at radius 2 is 2.54 bits per heavy atom. The molecule has 1 saturated heterocycles. The van der Waals surface area contributed by atoms with Crippen LogP contribution in [0.5, 0.6) is 0 Å². The minimum atomic E-state index is 0.217. The van der Waals surface area contributed by atoms with Crippen molar-refractivity contribution in [1.82, 2.24) is 5.32 Å². The molecule has 0 saturated carbocycles. The number of likely N-dealkylation sites (N-methyl/N-ethyl adjacent to an activating group) is 1. The molecule has 0 aliphatic carbocycles. The minimum absolute atomic E-state index is 0.217.